The van der Waals surface area contributed by atoms with E-state index in [0.29, 0.717) is 6.42 Å². The number of hydrogen-bond donors (Lipinski definition) is 0. The maximum Gasteiger partial charge on any atom is 0.316 e. The first kappa shape index (κ1) is 14.3. The predicted molar refractivity (Wildman–Crippen MR) is 76.6 cm³/mol. The lowest BCUT2D eigenvalue weighted by Gasteiger charge is -2.42. The molecule has 1 spiro atoms. The molecule has 20 heavy (non-hydrogen) atoms. The summed E-state index contributed by atoms with van der Waals surface area (Å²) in [5, 5.41) is 0. The molecule has 1 unspecified atom stereocenters. The number of carbonyl (C=O) groups is 2. The van der Waals surface area contributed by atoms with Crippen LogP contribution < -0.4 is 0 Å². The van der Waals surface area contributed by atoms with Gasteiger partial charge in [0, 0.05) is 12.3 Å². The van der Waals surface area contributed by atoms with E-state index in [1.807, 2.05) is 0 Å². The van der Waals surface area contributed by atoms with E-state index in [4.69, 9.17) is 9.16 Å². The molecule has 0 radical (unpaired) electrons. The molecule has 112 valence electrons. The zero-order valence-electron chi connectivity index (χ0n) is 13.0. The highest BCUT2D eigenvalue weighted by molar-refractivity contribution is 6.71. The van der Waals surface area contributed by atoms with Gasteiger partial charge in [-0.2, -0.15) is 0 Å². The van der Waals surface area contributed by atoms with Gasteiger partial charge in [0.15, 0.2) is 8.32 Å². The largest absolute Gasteiger partial charge is 0.468 e. The molecule has 2 saturated carbocycles. The Labute approximate surface area is 121 Å². The van der Waals surface area contributed by atoms with Crippen molar-refractivity contribution in [2.24, 2.45) is 23.2 Å². The number of Topliss-reactive ketones (excluding diaryl/α,β-unsaturated/α-hetero) is 1. The minimum atomic E-state index is -1.83. The summed E-state index contributed by atoms with van der Waals surface area (Å²) < 4.78 is 11.4. The molecule has 0 N–H and O–H groups in total. The van der Waals surface area contributed by atoms with E-state index in [9.17, 15) is 9.59 Å². The van der Waals surface area contributed by atoms with Crippen LogP contribution in [0, 0.1) is 23.2 Å². The summed E-state index contributed by atoms with van der Waals surface area (Å²) in [4.78, 5) is 24.6. The van der Waals surface area contributed by atoms with Gasteiger partial charge in [0.05, 0.1) is 12.7 Å². The van der Waals surface area contributed by atoms with E-state index in [-0.39, 0.29) is 34.6 Å². The fraction of sp³-hybridized carbons (Fsp3) is 0.867. The second kappa shape index (κ2) is 3.94. The number of carbonyl (C=O) groups excluding carboxylic acids is 2. The van der Waals surface area contributed by atoms with Gasteiger partial charge in [-0.05, 0) is 36.9 Å². The highest BCUT2D eigenvalue weighted by Crippen LogP contribution is 2.72. The summed E-state index contributed by atoms with van der Waals surface area (Å²) >= 11 is 0. The Bertz CT molecular complexity index is 484. The van der Waals surface area contributed by atoms with Gasteiger partial charge >= 0.3 is 5.97 Å². The van der Waals surface area contributed by atoms with Crippen molar-refractivity contribution >= 4 is 20.1 Å². The van der Waals surface area contributed by atoms with Crippen LogP contribution in [0.4, 0.5) is 0 Å². The second-order valence-corrected chi connectivity index (χ2v) is 12.0. The summed E-state index contributed by atoms with van der Waals surface area (Å²) in [5.41, 5.74) is -0.100. The van der Waals surface area contributed by atoms with Crippen LogP contribution in [0.25, 0.3) is 0 Å². The van der Waals surface area contributed by atoms with Crippen molar-refractivity contribution in [3.8, 4) is 0 Å². The van der Waals surface area contributed by atoms with Crippen LogP contribution in [-0.2, 0) is 18.8 Å². The average Bonchev–Trinajstić information content (AvgIpc) is 2.75. The number of rotatable bonds is 1. The van der Waals surface area contributed by atoms with E-state index >= 15 is 0 Å². The van der Waals surface area contributed by atoms with E-state index in [0.717, 1.165) is 12.5 Å². The molecule has 0 amide bonds. The van der Waals surface area contributed by atoms with Gasteiger partial charge in [-0.15, -0.1) is 0 Å². The summed E-state index contributed by atoms with van der Waals surface area (Å²) in [7, 11) is -0.450. The Hall–Kier alpha value is -0.683. The summed E-state index contributed by atoms with van der Waals surface area (Å²) in [6, 6.07) is 0.878. The number of ether oxygens (including phenoxy) is 1. The molecule has 3 rings (SSSR count). The molecule has 1 heterocycles. The highest BCUT2D eigenvalue weighted by Gasteiger charge is 2.77. The van der Waals surface area contributed by atoms with Crippen molar-refractivity contribution in [1.82, 2.24) is 0 Å². The standard InChI is InChI=1S/C15H24O4Si/c1-14(2)11-6-10(16)12(13(17)18-3)9-7-15(11,14)19-20(4,5)8-9/h9,11-12H,6-8H2,1-5H3/t9-,11+,12?,15-/m0/s1. The van der Waals surface area contributed by atoms with E-state index < -0.39 is 14.2 Å². The molecule has 3 aliphatic rings. The van der Waals surface area contributed by atoms with Gasteiger partial charge in [0.25, 0.3) is 0 Å². The molecule has 2 bridgehead atoms. The number of hydrogen-bond acceptors (Lipinski definition) is 4. The van der Waals surface area contributed by atoms with Crippen LogP contribution in [0.2, 0.25) is 19.1 Å². The number of methoxy groups -OCH3 is 1. The first-order valence-electron chi connectivity index (χ1n) is 7.45. The Morgan fingerprint density at radius 1 is 1.40 bits per heavy atom. The minimum Gasteiger partial charge on any atom is -0.468 e. The van der Waals surface area contributed by atoms with Crippen LogP contribution in [0.15, 0.2) is 0 Å². The molecule has 0 aromatic carbocycles. The van der Waals surface area contributed by atoms with E-state index in [1.54, 1.807) is 0 Å². The molecule has 4 nitrogen and oxygen atoms in total. The summed E-state index contributed by atoms with van der Waals surface area (Å²) in [5.74, 6) is -0.462. The Balaban J connectivity index is 2.01. The van der Waals surface area contributed by atoms with Crippen molar-refractivity contribution < 1.29 is 18.8 Å². The number of fused-ring (bicyclic) bond motifs is 1. The van der Waals surface area contributed by atoms with Gasteiger partial charge in [-0.25, -0.2) is 0 Å². The Morgan fingerprint density at radius 2 is 2.05 bits per heavy atom. The summed E-state index contributed by atoms with van der Waals surface area (Å²) in [6.45, 7) is 8.82. The van der Waals surface area contributed by atoms with Crippen molar-refractivity contribution in [3.05, 3.63) is 0 Å². The second-order valence-electron chi connectivity index (χ2n) is 7.87. The molecule has 2 aliphatic carbocycles. The smallest absolute Gasteiger partial charge is 0.316 e. The van der Waals surface area contributed by atoms with Crippen LogP contribution in [0.1, 0.15) is 26.7 Å². The molecule has 1 saturated heterocycles. The molecule has 1 aliphatic heterocycles. The molecular weight excluding hydrogens is 272 g/mol. The van der Waals surface area contributed by atoms with Crippen LogP contribution in [-0.4, -0.2) is 32.8 Å². The van der Waals surface area contributed by atoms with Crippen molar-refractivity contribution in [1.29, 1.82) is 0 Å². The third-order valence-electron chi connectivity index (χ3n) is 5.90. The normalized spacial score (nSPS) is 44.2. The zero-order chi connectivity index (χ0) is 14.9. The van der Waals surface area contributed by atoms with Gasteiger partial charge in [0.1, 0.15) is 11.7 Å². The zero-order valence-corrected chi connectivity index (χ0v) is 14.0. The van der Waals surface area contributed by atoms with Gasteiger partial charge in [-0.1, -0.05) is 13.8 Å². The molecule has 5 heteroatoms. The Morgan fingerprint density at radius 3 is 2.65 bits per heavy atom. The lowest BCUT2D eigenvalue weighted by molar-refractivity contribution is -0.152. The molecule has 0 aromatic rings. The van der Waals surface area contributed by atoms with Crippen LogP contribution in [0.5, 0.6) is 0 Å². The highest BCUT2D eigenvalue weighted by atomic mass is 28.4. The van der Waals surface area contributed by atoms with Crippen LogP contribution in [0.3, 0.4) is 0 Å². The number of esters is 1. The third-order valence-corrected chi connectivity index (χ3v) is 8.32. The van der Waals surface area contributed by atoms with E-state index in [1.165, 1.54) is 7.11 Å². The van der Waals surface area contributed by atoms with Gasteiger partial charge in [-0.3, -0.25) is 9.59 Å². The minimum absolute atomic E-state index is 0.0622. The van der Waals surface area contributed by atoms with Crippen molar-refractivity contribution in [3.63, 3.8) is 0 Å². The SMILES string of the molecule is COC(=O)C1C(=O)C[C@@H]2C(C)(C)[C@]23C[C@H]1C[Si](C)(C)O3. The summed E-state index contributed by atoms with van der Waals surface area (Å²) in [6.07, 6.45) is 1.31. The van der Waals surface area contributed by atoms with E-state index in [2.05, 4.69) is 26.9 Å². The van der Waals surface area contributed by atoms with Crippen molar-refractivity contribution in [2.45, 2.75) is 51.4 Å². The maximum atomic E-state index is 12.5. The monoisotopic (exact) mass is 296 g/mol. The van der Waals surface area contributed by atoms with Gasteiger partial charge in [0.2, 0.25) is 0 Å². The van der Waals surface area contributed by atoms with Gasteiger partial charge < -0.3 is 9.16 Å². The Kier molecular flexibility index (Phi) is 2.81. The lowest BCUT2D eigenvalue weighted by Crippen LogP contribution is -2.49. The lowest BCUT2D eigenvalue weighted by atomic mass is 9.83. The average molecular weight is 296 g/mol. The molecule has 3 fully saturated rings. The maximum absolute atomic E-state index is 12.5. The quantitative estimate of drug-likeness (QED) is 0.423. The third kappa shape index (κ3) is 1.68. The molecule has 0 aromatic heterocycles. The van der Waals surface area contributed by atoms with Crippen LogP contribution >= 0.6 is 0 Å². The van der Waals surface area contributed by atoms with Crippen molar-refractivity contribution in [2.75, 3.05) is 7.11 Å². The first-order chi connectivity index (χ1) is 9.14. The topological polar surface area (TPSA) is 52.6 Å². The molecular formula is C15H24O4Si. The number of ketones is 1. The first-order valence-corrected chi connectivity index (χ1v) is 10.6. The fourth-order valence-electron chi connectivity index (χ4n) is 4.90. The fourth-order valence-corrected chi connectivity index (χ4v) is 8.10. The predicted octanol–water partition coefficient (Wildman–Crippen LogP) is 2.38. The molecule has 4 atom stereocenters.